The fraction of sp³-hybridized carbons (Fsp3) is 0.226. The van der Waals surface area contributed by atoms with Gasteiger partial charge in [0.1, 0.15) is 22.7 Å². The minimum absolute atomic E-state index is 0.0612. The molecule has 9 heteroatoms. The van der Waals surface area contributed by atoms with Crippen LogP contribution in [0.25, 0.3) is 11.3 Å². The van der Waals surface area contributed by atoms with E-state index in [1.54, 1.807) is 28.9 Å². The summed E-state index contributed by atoms with van der Waals surface area (Å²) in [6.45, 7) is 4.38. The second-order valence-corrected chi connectivity index (χ2v) is 10.5. The summed E-state index contributed by atoms with van der Waals surface area (Å²) in [7, 11) is 0. The van der Waals surface area contributed by atoms with E-state index in [0.29, 0.717) is 17.9 Å². The molecule has 0 spiro atoms. The number of amides is 2. The lowest BCUT2D eigenvalue weighted by Crippen LogP contribution is -2.42. The van der Waals surface area contributed by atoms with Gasteiger partial charge in [0.25, 0.3) is 11.8 Å². The third-order valence-corrected chi connectivity index (χ3v) is 7.05. The molecule has 8 nitrogen and oxygen atoms in total. The molecule has 0 fully saturated rings. The van der Waals surface area contributed by atoms with Gasteiger partial charge in [0, 0.05) is 23.2 Å². The van der Waals surface area contributed by atoms with E-state index in [1.807, 2.05) is 62.4 Å². The maximum atomic E-state index is 15.0. The second kappa shape index (κ2) is 10.1. The van der Waals surface area contributed by atoms with Gasteiger partial charge in [-0.25, -0.2) is 14.1 Å². The number of halogens is 1. The Balaban J connectivity index is 1.45. The number of hydrogen-bond acceptors (Lipinski definition) is 5. The monoisotopic (exact) mass is 537 g/mol. The summed E-state index contributed by atoms with van der Waals surface area (Å²) in [5.74, 6) is -1.42. The molecule has 0 saturated heterocycles. The number of aliphatic imine (C=N–C) groups is 1. The highest BCUT2D eigenvalue weighted by Crippen LogP contribution is 2.37. The summed E-state index contributed by atoms with van der Waals surface area (Å²) in [6, 6.07) is 23.0. The number of anilines is 1. The first-order valence-corrected chi connectivity index (χ1v) is 13.2. The summed E-state index contributed by atoms with van der Waals surface area (Å²) < 4.78 is 22.9. The molecular formula is C31H28FN5O3. The maximum Gasteiger partial charge on any atom is 0.269 e. The predicted octanol–water partition coefficient (Wildman–Crippen LogP) is 5.19. The van der Waals surface area contributed by atoms with Gasteiger partial charge in [0.05, 0.1) is 11.4 Å². The fourth-order valence-electron chi connectivity index (χ4n) is 5.09. The first-order valence-electron chi connectivity index (χ1n) is 13.2. The molecule has 0 radical (unpaired) electrons. The molecule has 4 aromatic rings. The van der Waals surface area contributed by atoms with Crippen molar-refractivity contribution in [2.24, 2.45) is 4.99 Å². The average molecular weight is 538 g/mol. The number of fused-ring (bicyclic) bond motifs is 2. The number of benzodiazepines with no additional fused rings is 1. The van der Waals surface area contributed by atoms with E-state index in [9.17, 15) is 14.0 Å². The van der Waals surface area contributed by atoms with Crippen LogP contribution in [0.4, 0.5) is 10.1 Å². The lowest BCUT2D eigenvalue weighted by molar-refractivity contribution is -0.117. The SMILES string of the molecule is CC1(C)CCCn2nc(-c3ccccc3F)c(C(=O)N[C@H]3N=C(c4ccccc4)c4ccccc4NC3=O)c2O1. The van der Waals surface area contributed by atoms with Crippen molar-refractivity contribution in [2.45, 2.75) is 45.0 Å². The quantitative estimate of drug-likeness (QED) is 0.375. The van der Waals surface area contributed by atoms with Crippen LogP contribution in [0.2, 0.25) is 0 Å². The highest BCUT2D eigenvalue weighted by atomic mass is 19.1. The number of ether oxygens (including phenoxy) is 1. The molecule has 0 aliphatic carbocycles. The van der Waals surface area contributed by atoms with E-state index >= 15 is 0 Å². The number of para-hydroxylation sites is 1. The Morgan fingerprint density at radius 3 is 2.50 bits per heavy atom. The zero-order valence-corrected chi connectivity index (χ0v) is 22.1. The summed E-state index contributed by atoms with van der Waals surface area (Å²) in [5, 5.41) is 10.3. The number of benzene rings is 3. The highest BCUT2D eigenvalue weighted by Gasteiger charge is 2.36. The van der Waals surface area contributed by atoms with Crippen molar-refractivity contribution < 1.29 is 18.7 Å². The standard InChI is InChI=1S/C31H28FN5O3/c1-31(2)17-10-18-37-30(40-31)24(26(36-37)20-13-6-8-15-22(20)32)28(38)35-27-29(39)33-23-16-9-7-14-21(23)25(34-27)19-11-4-3-5-12-19/h3-9,11-16,27H,10,17-18H2,1-2H3,(H,33,39)(H,35,38)/t27-/m1/s1. The Kier molecular flexibility index (Phi) is 6.42. The van der Waals surface area contributed by atoms with Crippen molar-refractivity contribution >= 4 is 23.2 Å². The minimum Gasteiger partial charge on any atom is -0.471 e. The largest absolute Gasteiger partial charge is 0.471 e. The van der Waals surface area contributed by atoms with Gasteiger partial charge in [-0.3, -0.25) is 9.59 Å². The van der Waals surface area contributed by atoms with Gasteiger partial charge in [-0.05, 0) is 44.9 Å². The Labute approximate surface area is 230 Å². The number of hydrogen-bond donors (Lipinski definition) is 2. The van der Waals surface area contributed by atoms with Crippen molar-refractivity contribution in [3.63, 3.8) is 0 Å². The van der Waals surface area contributed by atoms with Gasteiger partial charge in [-0.15, -0.1) is 0 Å². The van der Waals surface area contributed by atoms with Crippen LogP contribution >= 0.6 is 0 Å². The molecule has 202 valence electrons. The summed E-state index contributed by atoms with van der Waals surface area (Å²) >= 11 is 0. The van der Waals surface area contributed by atoms with Gasteiger partial charge in [0.2, 0.25) is 12.0 Å². The lowest BCUT2D eigenvalue weighted by Gasteiger charge is -2.24. The molecule has 6 rings (SSSR count). The van der Waals surface area contributed by atoms with Crippen LogP contribution in [0, 0.1) is 5.82 Å². The minimum atomic E-state index is -1.27. The zero-order valence-electron chi connectivity index (χ0n) is 22.1. The third kappa shape index (κ3) is 4.75. The second-order valence-electron chi connectivity index (χ2n) is 10.5. The van der Waals surface area contributed by atoms with Crippen LogP contribution in [-0.4, -0.2) is 39.1 Å². The molecular weight excluding hydrogens is 509 g/mol. The molecule has 0 unspecified atom stereocenters. The molecule has 40 heavy (non-hydrogen) atoms. The van der Waals surface area contributed by atoms with E-state index in [4.69, 9.17) is 9.73 Å². The van der Waals surface area contributed by atoms with Crippen LogP contribution in [-0.2, 0) is 11.3 Å². The van der Waals surface area contributed by atoms with Crippen LogP contribution in [0.1, 0.15) is 48.2 Å². The van der Waals surface area contributed by atoms with Crippen LogP contribution in [0.5, 0.6) is 5.88 Å². The van der Waals surface area contributed by atoms with E-state index in [0.717, 1.165) is 24.0 Å². The van der Waals surface area contributed by atoms with E-state index < -0.39 is 29.4 Å². The number of carbonyl (C=O) groups excluding carboxylic acids is 2. The van der Waals surface area contributed by atoms with Crippen molar-refractivity contribution in [3.05, 3.63) is 101 Å². The summed E-state index contributed by atoms with van der Waals surface area (Å²) in [6.07, 6.45) is 0.256. The number of aromatic nitrogens is 2. The molecule has 3 heterocycles. The molecule has 2 amide bonds. The molecule has 3 aromatic carbocycles. The van der Waals surface area contributed by atoms with Crippen LogP contribution < -0.4 is 15.4 Å². The number of nitrogens with zero attached hydrogens (tertiary/aromatic N) is 3. The molecule has 2 aliphatic rings. The Hall–Kier alpha value is -4.79. The van der Waals surface area contributed by atoms with Crippen molar-refractivity contribution in [3.8, 4) is 17.1 Å². The molecule has 1 aromatic heterocycles. The normalized spacial score (nSPS) is 17.7. The number of carbonyl (C=O) groups is 2. The number of rotatable bonds is 4. The van der Waals surface area contributed by atoms with E-state index in [2.05, 4.69) is 15.7 Å². The highest BCUT2D eigenvalue weighted by molar-refractivity contribution is 6.20. The molecule has 2 aliphatic heterocycles. The van der Waals surface area contributed by atoms with Gasteiger partial charge in [0.15, 0.2) is 0 Å². The maximum absolute atomic E-state index is 15.0. The summed E-state index contributed by atoms with van der Waals surface area (Å²) in [5.41, 5.74) is 2.47. The van der Waals surface area contributed by atoms with Gasteiger partial charge in [-0.2, -0.15) is 5.10 Å². The van der Waals surface area contributed by atoms with Crippen molar-refractivity contribution in [1.82, 2.24) is 15.1 Å². The van der Waals surface area contributed by atoms with Gasteiger partial charge >= 0.3 is 0 Å². The van der Waals surface area contributed by atoms with Gasteiger partial charge in [-0.1, -0.05) is 60.7 Å². The first kappa shape index (κ1) is 25.5. The predicted molar refractivity (Wildman–Crippen MR) is 150 cm³/mol. The Bertz CT molecular complexity index is 1640. The van der Waals surface area contributed by atoms with Crippen LogP contribution in [0.15, 0.2) is 83.9 Å². The zero-order chi connectivity index (χ0) is 27.9. The van der Waals surface area contributed by atoms with E-state index in [-0.39, 0.29) is 22.7 Å². The first-order chi connectivity index (χ1) is 19.3. The average Bonchev–Trinajstić information content (AvgIpc) is 3.11. The topological polar surface area (TPSA) is 97.6 Å². The Morgan fingerprint density at radius 2 is 1.73 bits per heavy atom. The molecule has 0 bridgehead atoms. The lowest BCUT2D eigenvalue weighted by atomic mass is 10.0. The Morgan fingerprint density at radius 1 is 1.02 bits per heavy atom. The summed E-state index contributed by atoms with van der Waals surface area (Å²) in [4.78, 5) is 32.1. The number of aryl methyl sites for hydroxylation is 1. The van der Waals surface area contributed by atoms with Crippen molar-refractivity contribution in [2.75, 3.05) is 5.32 Å². The molecule has 1 atom stereocenters. The van der Waals surface area contributed by atoms with Crippen molar-refractivity contribution in [1.29, 1.82) is 0 Å². The van der Waals surface area contributed by atoms with Gasteiger partial charge < -0.3 is 15.4 Å². The molecule has 0 saturated carbocycles. The van der Waals surface area contributed by atoms with Crippen LogP contribution in [0.3, 0.4) is 0 Å². The third-order valence-electron chi connectivity index (χ3n) is 7.05. The smallest absolute Gasteiger partial charge is 0.269 e. The van der Waals surface area contributed by atoms with E-state index in [1.165, 1.54) is 6.07 Å². The molecule has 2 N–H and O–H groups in total. The number of nitrogens with one attached hydrogen (secondary N) is 2. The fourth-order valence-corrected chi connectivity index (χ4v) is 5.09.